The van der Waals surface area contributed by atoms with Crippen LogP contribution in [0, 0.1) is 6.92 Å². The van der Waals surface area contributed by atoms with Crippen LogP contribution in [-0.4, -0.2) is 32.7 Å². The predicted molar refractivity (Wildman–Crippen MR) is 107 cm³/mol. The Kier molecular flexibility index (Phi) is 5.41. The van der Waals surface area contributed by atoms with E-state index in [0.717, 1.165) is 23.2 Å². The number of fused-ring (bicyclic) bond motifs is 1. The van der Waals surface area contributed by atoms with Crippen molar-refractivity contribution in [1.29, 1.82) is 0 Å². The van der Waals surface area contributed by atoms with Crippen molar-refractivity contribution < 1.29 is 17.9 Å². The second-order valence-electron chi connectivity index (χ2n) is 6.46. The maximum Gasteiger partial charge on any atom is 0.267 e. The summed E-state index contributed by atoms with van der Waals surface area (Å²) in [6.07, 6.45) is -0.146. The summed E-state index contributed by atoms with van der Waals surface area (Å²) >= 11 is 0. The Morgan fingerprint density at radius 3 is 2.63 bits per heavy atom. The maximum absolute atomic E-state index is 12.9. The van der Waals surface area contributed by atoms with Crippen molar-refractivity contribution in [3.05, 3.63) is 53.6 Å². The Morgan fingerprint density at radius 2 is 1.93 bits per heavy atom. The third-order valence-electron chi connectivity index (χ3n) is 4.72. The highest BCUT2D eigenvalue weighted by Crippen LogP contribution is 2.35. The lowest BCUT2D eigenvalue weighted by Gasteiger charge is -2.34. The van der Waals surface area contributed by atoms with Gasteiger partial charge in [-0.1, -0.05) is 37.3 Å². The molecule has 144 valence electrons. The van der Waals surface area contributed by atoms with E-state index in [1.54, 1.807) is 31.2 Å². The largest absolute Gasteiger partial charge is 0.476 e. The van der Waals surface area contributed by atoms with Crippen LogP contribution in [0.15, 0.2) is 42.5 Å². The average Bonchev–Trinajstić information content (AvgIpc) is 2.68. The normalized spacial score (nSPS) is 16.4. The van der Waals surface area contributed by atoms with Crippen LogP contribution in [0.3, 0.4) is 0 Å². The molecule has 1 amide bonds. The molecule has 0 aliphatic carbocycles. The van der Waals surface area contributed by atoms with Crippen LogP contribution in [0.5, 0.6) is 5.75 Å². The molecule has 0 radical (unpaired) electrons. The molecule has 6 nitrogen and oxygen atoms in total. The van der Waals surface area contributed by atoms with E-state index in [4.69, 9.17) is 4.74 Å². The SMILES string of the molecule is CCc1cccc(C)c1NC(=O)[C@H]1CN(S(=O)(=O)CC)c2ccccc2O1. The van der Waals surface area contributed by atoms with Gasteiger partial charge in [-0.2, -0.15) is 0 Å². The number of benzene rings is 2. The molecule has 0 saturated carbocycles. The minimum Gasteiger partial charge on any atom is -0.476 e. The number of carbonyl (C=O) groups excluding carboxylic acids is 1. The summed E-state index contributed by atoms with van der Waals surface area (Å²) in [7, 11) is -3.52. The molecule has 0 aromatic heterocycles. The monoisotopic (exact) mass is 388 g/mol. The topological polar surface area (TPSA) is 75.7 Å². The maximum atomic E-state index is 12.9. The summed E-state index contributed by atoms with van der Waals surface area (Å²) in [5, 5.41) is 2.93. The number of aryl methyl sites for hydroxylation is 2. The number of hydrogen-bond acceptors (Lipinski definition) is 4. The Labute approximate surface area is 160 Å². The van der Waals surface area contributed by atoms with Crippen molar-refractivity contribution in [3.8, 4) is 5.75 Å². The molecular weight excluding hydrogens is 364 g/mol. The summed E-state index contributed by atoms with van der Waals surface area (Å²) in [5.74, 6) is -0.0146. The van der Waals surface area contributed by atoms with Gasteiger partial charge in [0.1, 0.15) is 5.75 Å². The zero-order valence-electron chi connectivity index (χ0n) is 15.7. The second kappa shape index (κ2) is 7.60. The summed E-state index contributed by atoms with van der Waals surface area (Å²) in [6.45, 7) is 5.49. The number of nitrogens with zero attached hydrogens (tertiary/aromatic N) is 1. The second-order valence-corrected chi connectivity index (χ2v) is 8.64. The molecule has 0 spiro atoms. The third-order valence-corrected chi connectivity index (χ3v) is 6.46. The number of hydrogen-bond donors (Lipinski definition) is 1. The first kappa shape index (κ1) is 19.2. The first-order valence-corrected chi connectivity index (χ1v) is 10.6. The standard InChI is InChI=1S/C20H24N2O4S/c1-4-15-10-8-9-14(3)19(15)21-20(23)18-13-22(27(24,25)5-2)16-11-6-7-12-17(16)26-18/h6-12,18H,4-5,13H2,1-3H3,(H,21,23)/t18-/m1/s1. The minimum atomic E-state index is -3.52. The van der Waals surface area contributed by atoms with Gasteiger partial charge in [-0.05, 0) is 43.5 Å². The number of para-hydroxylation sites is 3. The zero-order valence-corrected chi connectivity index (χ0v) is 16.5. The molecule has 1 aliphatic heterocycles. The predicted octanol–water partition coefficient (Wildman–Crippen LogP) is 3.11. The van der Waals surface area contributed by atoms with Crippen molar-refractivity contribution in [2.24, 2.45) is 0 Å². The van der Waals surface area contributed by atoms with Crippen molar-refractivity contribution >= 4 is 27.3 Å². The molecule has 1 atom stereocenters. The number of rotatable bonds is 5. The van der Waals surface area contributed by atoms with Crippen LogP contribution in [0.1, 0.15) is 25.0 Å². The Morgan fingerprint density at radius 1 is 1.19 bits per heavy atom. The van der Waals surface area contributed by atoms with Crippen LogP contribution < -0.4 is 14.4 Å². The minimum absolute atomic E-state index is 0.0482. The van der Waals surface area contributed by atoms with Crippen molar-refractivity contribution in [2.45, 2.75) is 33.3 Å². The van der Waals surface area contributed by atoms with Gasteiger partial charge in [0.15, 0.2) is 6.10 Å². The first-order valence-electron chi connectivity index (χ1n) is 9.02. The number of anilines is 2. The molecule has 0 unspecified atom stereocenters. The van der Waals surface area contributed by atoms with E-state index in [0.29, 0.717) is 11.4 Å². The Bertz CT molecular complexity index is 956. The van der Waals surface area contributed by atoms with Crippen LogP contribution in [-0.2, 0) is 21.2 Å². The fraction of sp³-hybridized carbons (Fsp3) is 0.350. The highest BCUT2D eigenvalue weighted by molar-refractivity contribution is 7.92. The molecule has 3 rings (SSSR count). The summed E-state index contributed by atoms with van der Waals surface area (Å²) in [6, 6.07) is 12.7. The highest BCUT2D eigenvalue weighted by atomic mass is 32.2. The lowest BCUT2D eigenvalue weighted by molar-refractivity contribution is -0.122. The van der Waals surface area contributed by atoms with Gasteiger partial charge in [0.2, 0.25) is 10.0 Å². The molecule has 2 aromatic carbocycles. The van der Waals surface area contributed by atoms with Gasteiger partial charge in [-0.25, -0.2) is 8.42 Å². The molecular formula is C20H24N2O4S. The van der Waals surface area contributed by atoms with Gasteiger partial charge in [0.05, 0.1) is 18.0 Å². The fourth-order valence-electron chi connectivity index (χ4n) is 3.16. The van der Waals surface area contributed by atoms with Crippen molar-refractivity contribution in [3.63, 3.8) is 0 Å². The molecule has 1 aliphatic rings. The lowest BCUT2D eigenvalue weighted by Crippen LogP contribution is -2.49. The van der Waals surface area contributed by atoms with Crippen LogP contribution in [0.2, 0.25) is 0 Å². The van der Waals surface area contributed by atoms with Crippen LogP contribution in [0.25, 0.3) is 0 Å². The van der Waals surface area contributed by atoms with Gasteiger partial charge in [-0.15, -0.1) is 0 Å². The third kappa shape index (κ3) is 3.78. The number of nitrogens with one attached hydrogen (secondary N) is 1. The van der Waals surface area contributed by atoms with E-state index in [-0.39, 0.29) is 18.2 Å². The van der Waals surface area contributed by atoms with Gasteiger partial charge < -0.3 is 10.1 Å². The van der Waals surface area contributed by atoms with E-state index in [1.165, 1.54) is 4.31 Å². The van der Waals surface area contributed by atoms with Crippen molar-refractivity contribution in [2.75, 3.05) is 21.9 Å². The Balaban J connectivity index is 1.91. The van der Waals surface area contributed by atoms with E-state index in [1.807, 2.05) is 32.0 Å². The first-order chi connectivity index (χ1) is 12.9. The number of ether oxygens (including phenoxy) is 1. The number of carbonyl (C=O) groups is 1. The molecule has 1 N–H and O–H groups in total. The molecule has 0 bridgehead atoms. The van der Waals surface area contributed by atoms with E-state index in [9.17, 15) is 13.2 Å². The van der Waals surface area contributed by atoms with E-state index in [2.05, 4.69) is 5.32 Å². The van der Waals surface area contributed by atoms with Gasteiger partial charge in [0.25, 0.3) is 5.91 Å². The molecule has 0 saturated heterocycles. The number of amides is 1. The quantitative estimate of drug-likeness (QED) is 0.854. The van der Waals surface area contributed by atoms with E-state index < -0.39 is 16.1 Å². The number of sulfonamides is 1. The van der Waals surface area contributed by atoms with Crippen LogP contribution in [0.4, 0.5) is 11.4 Å². The molecule has 0 fully saturated rings. The van der Waals surface area contributed by atoms with Gasteiger partial charge in [0, 0.05) is 5.69 Å². The fourth-order valence-corrected chi connectivity index (χ4v) is 4.29. The van der Waals surface area contributed by atoms with Gasteiger partial charge in [-0.3, -0.25) is 9.10 Å². The zero-order chi connectivity index (χ0) is 19.6. The van der Waals surface area contributed by atoms with Crippen LogP contribution >= 0.6 is 0 Å². The highest BCUT2D eigenvalue weighted by Gasteiger charge is 2.36. The smallest absolute Gasteiger partial charge is 0.267 e. The summed E-state index contributed by atoms with van der Waals surface area (Å²) in [4.78, 5) is 12.9. The lowest BCUT2D eigenvalue weighted by atomic mass is 10.1. The summed E-state index contributed by atoms with van der Waals surface area (Å²) in [5.41, 5.74) is 3.21. The molecule has 2 aromatic rings. The molecule has 1 heterocycles. The molecule has 7 heteroatoms. The van der Waals surface area contributed by atoms with E-state index >= 15 is 0 Å². The average molecular weight is 388 g/mol. The van der Waals surface area contributed by atoms with Crippen molar-refractivity contribution in [1.82, 2.24) is 0 Å². The summed E-state index contributed by atoms with van der Waals surface area (Å²) < 4.78 is 32.2. The Hall–Kier alpha value is -2.54. The van der Waals surface area contributed by atoms with Gasteiger partial charge >= 0.3 is 0 Å². The molecule has 27 heavy (non-hydrogen) atoms.